The first-order valence-electron chi connectivity index (χ1n) is 3.55. The molecule has 2 heterocycles. The molecule has 0 bridgehead atoms. The Morgan fingerprint density at radius 1 is 1.55 bits per heavy atom. The Bertz CT molecular complexity index is 260. The summed E-state index contributed by atoms with van der Waals surface area (Å²) < 4.78 is 17.6. The van der Waals surface area contributed by atoms with Crippen LogP contribution in [0, 0.1) is 5.82 Å². The molecule has 0 saturated carbocycles. The highest BCUT2D eigenvalue weighted by Gasteiger charge is 2.21. The number of hydrogen-bond acceptors (Lipinski definition) is 2. The SMILES string of the molecule is Fc1ccnc(C2COC2)c1. The summed E-state index contributed by atoms with van der Waals surface area (Å²) in [5.74, 6) is 0.0904. The summed E-state index contributed by atoms with van der Waals surface area (Å²) in [5, 5.41) is 0. The summed E-state index contributed by atoms with van der Waals surface area (Å²) in [6.07, 6.45) is 1.49. The molecular formula is C8H8FNO. The minimum atomic E-state index is -0.220. The molecule has 3 heteroatoms. The van der Waals surface area contributed by atoms with Crippen LogP contribution in [0.4, 0.5) is 4.39 Å². The third-order valence-electron chi connectivity index (χ3n) is 1.80. The van der Waals surface area contributed by atoms with E-state index in [1.165, 1.54) is 18.3 Å². The second kappa shape index (κ2) is 2.58. The second-order valence-corrected chi connectivity index (χ2v) is 2.63. The minimum absolute atomic E-state index is 0.220. The van der Waals surface area contributed by atoms with Gasteiger partial charge < -0.3 is 4.74 Å². The van der Waals surface area contributed by atoms with Crippen LogP contribution >= 0.6 is 0 Å². The molecule has 58 valence electrons. The van der Waals surface area contributed by atoms with E-state index in [1.54, 1.807) is 0 Å². The van der Waals surface area contributed by atoms with Crippen molar-refractivity contribution in [3.63, 3.8) is 0 Å². The molecule has 0 aliphatic carbocycles. The fourth-order valence-corrected chi connectivity index (χ4v) is 1.05. The van der Waals surface area contributed by atoms with Gasteiger partial charge >= 0.3 is 0 Å². The van der Waals surface area contributed by atoms with Gasteiger partial charge in [-0.25, -0.2) is 4.39 Å². The monoisotopic (exact) mass is 153 g/mol. The lowest BCUT2D eigenvalue weighted by atomic mass is 10.0. The van der Waals surface area contributed by atoms with Crippen molar-refractivity contribution in [2.75, 3.05) is 13.2 Å². The maximum atomic E-state index is 12.6. The molecule has 0 N–H and O–H groups in total. The van der Waals surface area contributed by atoms with Crippen LogP contribution in [0.2, 0.25) is 0 Å². The van der Waals surface area contributed by atoms with Crippen molar-refractivity contribution in [2.24, 2.45) is 0 Å². The van der Waals surface area contributed by atoms with Gasteiger partial charge in [0.15, 0.2) is 0 Å². The van der Waals surface area contributed by atoms with Gasteiger partial charge in [-0.15, -0.1) is 0 Å². The van der Waals surface area contributed by atoms with Crippen LogP contribution in [-0.2, 0) is 4.74 Å². The Morgan fingerprint density at radius 2 is 2.36 bits per heavy atom. The zero-order valence-corrected chi connectivity index (χ0v) is 5.96. The van der Waals surface area contributed by atoms with Crippen molar-refractivity contribution in [1.82, 2.24) is 4.98 Å². The molecule has 0 unspecified atom stereocenters. The van der Waals surface area contributed by atoms with Gasteiger partial charge in [0.05, 0.1) is 18.9 Å². The zero-order chi connectivity index (χ0) is 7.68. The topological polar surface area (TPSA) is 22.1 Å². The predicted molar refractivity (Wildman–Crippen MR) is 37.8 cm³/mol. The normalized spacial score (nSPS) is 17.9. The maximum Gasteiger partial charge on any atom is 0.126 e. The van der Waals surface area contributed by atoms with E-state index in [9.17, 15) is 4.39 Å². The molecule has 2 rings (SSSR count). The highest BCUT2D eigenvalue weighted by Crippen LogP contribution is 2.21. The van der Waals surface area contributed by atoms with Gasteiger partial charge in [0.2, 0.25) is 0 Å². The van der Waals surface area contributed by atoms with Gasteiger partial charge in [0, 0.05) is 12.1 Å². The van der Waals surface area contributed by atoms with Crippen molar-refractivity contribution in [2.45, 2.75) is 5.92 Å². The average Bonchev–Trinajstić information content (AvgIpc) is 1.83. The molecule has 0 radical (unpaired) electrons. The molecule has 0 spiro atoms. The van der Waals surface area contributed by atoms with E-state index in [0.29, 0.717) is 19.1 Å². The lowest BCUT2D eigenvalue weighted by Crippen LogP contribution is -2.25. The fourth-order valence-electron chi connectivity index (χ4n) is 1.05. The molecule has 1 fully saturated rings. The van der Waals surface area contributed by atoms with Crippen LogP contribution in [0.5, 0.6) is 0 Å². The molecule has 0 amide bonds. The van der Waals surface area contributed by atoms with Crippen LogP contribution in [-0.4, -0.2) is 18.2 Å². The molecule has 11 heavy (non-hydrogen) atoms. The average molecular weight is 153 g/mol. The Hall–Kier alpha value is -0.960. The summed E-state index contributed by atoms with van der Waals surface area (Å²) in [6.45, 7) is 1.35. The van der Waals surface area contributed by atoms with E-state index in [2.05, 4.69) is 4.98 Å². The standard InChI is InChI=1S/C8H8FNO/c9-7-1-2-10-8(3-7)6-4-11-5-6/h1-3,6H,4-5H2. The van der Waals surface area contributed by atoms with Crippen LogP contribution in [0.15, 0.2) is 18.3 Å². The molecule has 1 aromatic rings. The Balaban J connectivity index is 2.23. The highest BCUT2D eigenvalue weighted by atomic mass is 19.1. The van der Waals surface area contributed by atoms with Gasteiger partial charge in [-0.3, -0.25) is 4.98 Å². The number of halogens is 1. The van der Waals surface area contributed by atoms with Crippen molar-refractivity contribution < 1.29 is 9.13 Å². The van der Waals surface area contributed by atoms with Crippen molar-refractivity contribution in [3.05, 3.63) is 29.8 Å². The van der Waals surface area contributed by atoms with Gasteiger partial charge in [-0.1, -0.05) is 0 Å². The third kappa shape index (κ3) is 1.24. The van der Waals surface area contributed by atoms with Crippen LogP contribution in [0.3, 0.4) is 0 Å². The Labute approximate surface area is 64.0 Å². The van der Waals surface area contributed by atoms with Gasteiger partial charge in [-0.05, 0) is 12.1 Å². The van der Waals surface area contributed by atoms with E-state index in [4.69, 9.17) is 4.74 Å². The molecule has 1 saturated heterocycles. The minimum Gasteiger partial charge on any atom is -0.380 e. The predicted octanol–water partition coefficient (Wildman–Crippen LogP) is 1.33. The highest BCUT2D eigenvalue weighted by molar-refractivity contribution is 5.12. The number of rotatable bonds is 1. The summed E-state index contributed by atoms with van der Waals surface area (Å²) >= 11 is 0. The first kappa shape index (κ1) is 6.73. The molecule has 1 aromatic heterocycles. The third-order valence-corrected chi connectivity index (χ3v) is 1.80. The quantitative estimate of drug-likeness (QED) is 0.607. The number of ether oxygens (including phenoxy) is 1. The molecule has 0 atom stereocenters. The molecule has 2 nitrogen and oxygen atoms in total. The molecule has 0 aromatic carbocycles. The van der Waals surface area contributed by atoms with Gasteiger partial charge in [0.25, 0.3) is 0 Å². The first-order valence-corrected chi connectivity index (χ1v) is 3.55. The lowest BCUT2D eigenvalue weighted by molar-refractivity contribution is 0.00660. The van der Waals surface area contributed by atoms with Crippen molar-refractivity contribution >= 4 is 0 Å². The van der Waals surface area contributed by atoms with E-state index in [-0.39, 0.29) is 5.82 Å². The Morgan fingerprint density at radius 3 is 2.91 bits per heavy atom. The van der Waals surface area contributed by atoms with E-state index in [0.717, 1.165) is 5.69 Å². The van der Waals surface area contributed by atoms with E-state index >= 15 is 0 Å². The fraction of sp³-hybridized carbons (Fsp3) is 0.375. The first-order chi connectivity index (χ1) is 5.36. The zero-order valence-electron chi connectivity index (χ0n) is 5.96. The van der Waals surface area contributed by atoms with Crippen LogP contribution < -0.4 is 0 Å². The number of pyridine rings is 1. The number of nitrogens with zero attached hydrogens (tertiary/aromatic N) is 1. The molecule has 1 aliphatic rings. The van der Waals surface area contributed by atoms with E-state index in [1.807, 2.05) is 0 Å². The number of aromatic nitrogens is 1. The van der Waals surface area contributed by atoms with Crippen LogP contribution in [0.1, 0.15) is 11.6 Å². The van der Waals surface area contributed by atoms with Gasteiger partial charge in [-0.2, -0.15) is 0 Å². The maximum absolute atomic E-state index is 12.6. The van der Waals surface area contributed by atoms with Crippen molar-refractivity contribution in [3.8, 4) is 0 Å². The summed E-state index contributed by atoms with van der Waals surface area (Å²) in [7, 11) is 0. The van der Waals surface area contributed by atoms with Crippen LogP contribution in [0.25, 0.3) is 0 Å². The van der Waals surface area contributed by atoms with Crippen molar-refractivity contribution in [1.29, 1.82) is 0 Å². The largest absolute Gasteiger partial charge is 0.380 e. The number of hydrogen-bond donors (Lipinski definition) is 0. The summed E-state index contributed by atoms with van der Waals surface area (Å²) in [5.41, 5.74) is 0.802. The van der Waals surface area contributed by atoms with Gasteiger partial charge in [0.1, 0.15) is 5.82 Å². The summed E-state index contributed by atoms with van der Waals surface area (Å²) in [6, 6.07) is 2.82. The molecule has 1 aliphatic heterocycles. The smallest absolute Gasteiger partial charge is 0.126 e. The second-order valence-electron chi connectivity index (χ2n) is 2.63. The Kier molecular flexibility index (Phi) is 1.58. The lowest BCUT2D eigenvalue weighted by Gasteiger charge is -2.24. The van der Waals surface area contributed by atoms with E-state index < -0.39 is 0 Å². The summed E-state index contributed by atoms with van der Waals surface area (Å²) in [4.78, 5) is 4.04. The molecular weight excluding hydrogens is 145 g/mol.